The van der Waals surface area contributed by atoms with Crippen molar-refractivity contribution in [2.75, 3.05) is 13.1 Å². The SMILES string of the molecule is CCC1[N](C(C)(C)C)[Sn]([N](CC)CC)[N]1C(C)(C)C. The third-order valence-corrected chi connectivity index (χ3v) is 15.3. The molecule has 1 radical (unpaired) electrons. The molecule has 0 aromatic heterocycles. The molecule has 1 fully saturated rings. The minimum absolute atomic E-state index is 0.305. The monoisotopic (exact) mass is 376 g/mol. The molecule has 1 aliphatic rings. The molecule has 113 valence electrons. The molecule has 3 nitrogen and oxygen atoms in total. The molecule has 0 aromatic carbocycles. The molecule has 0 spiro atoms. The van der Waals surface area contributed by atoms with Gasteiger partial charge in [-0.15, -0.1) is 0 Å². The van der Waals surface area contributed by atoms with Gasteiger partial charge < -0.3 is 0 Å². The van der Waals surface area contributed by atoms with Crippen molar-refractivity contribution in [1.29, 1.82) is 0 Å². The maximum atomic E-state index is 2.88. The minimum atomic E-state index is -1.84. The zero-order valence-corrected chi connectivity index (χ0v) is 17.4. The van der Waals surface area contributed by atoms with E-state index in [9.17, 15) is 0 Å². The van der Waals surface area contributed by atoms with E-state index in [0.717, 1.165) is 0 Å². The van der Waals surface area contributed by atoms with Gasteiger partial charge in [0.15, 0.2) is 0 Å². The van der Waals surface area contributed by atoms with E-state index in [1.54, 1.807) is 0 Å². The second kappa shape index (κ2) is 6.20. The summed E-state index contributed by atoms with van der Waals surface area (Å²) >= 11 is -1.84. The van der Waals surface area contributed by atoms with Gasteiger partial charge in [-0.1, -0.05) is 0 Å². The van der Waals surface area contributed by atoms with Crippen LogP contribution in [0.1, 0.15) is 68.7 Å². The zero-order chi connectivity index (χ0) is 15.0. The van der Waals surface area contributed by atoms with Crippen LogP contribution < -0.4 is 0 Å². The molecule has 0 saturated carbocycles. The van der Waals surface area contributed by atoms with Crippen molar-refractivity contribution in [3.63, 3.8) is 0 Å². The van der Waals surface area contributed by atoms with Crippen LogP contribution in [-0.2, 0) is 0 Å². The van der Waals surface area contributed by atoms with Crippen LogP contribution in [0.3, 0.4) is 0 Å². The number of nitrogens with zero attached hydrogens (tertiary/aromatic N) is 3. The normalized spacial score (nSPS) is 21.2. The molecule has 0 N–H and O–H groups in total. The molecule has 19 heavy (non-hydrogen) atoms. The molecule has 0 atom stereocenters. The van der Waals surface area contributed by atoms with Crippen LogP contribution >= 0.6 is 0 Å². The summed E-state index contributed by atoms with van der Waals surface area (Å²) in [7, 11) is 0. The Labute approximate surface area is 129 Å². The first kappa shape index (κ1) is 17.7. The van der Waals surface area contributed by atoms with Crippen LogP contribution in [0, 0.1) is 0 Å². The van der Waals surface area contributed by atoms with Crippen molar-refractivity contribution in [3.8, 4) is 0 Å². The van der Waals surface area contributed by atoms with Gasteiger partial charge in [0.1, 0.15) is 0 Å². The Morgan fingerprint density at radius 1 is 0.842 bits per heavy atom. The molecule has 0 unspecified atom stereocenters. The van der Waals surface area contributed by atoms with Crippen LogP contribution in [0.4, 0.5) is 0 Å². The Kier molecular flexibility index (Phi) is 5.79. The average Bonchev–Trinajstić information content (AvgIpc) is 2.18. The summed E-state index contributed by atoms with van der Waals surface area (Å²) in [6, 6.07) is 0. The van der Waals surface area contributed by atoms with Crippen LogP contribution in [0.5, 0.6) is 0 Å². The van der Waals surface area contributed by atoms with Crippen LogP contribution in [0.15, 0.2) is 0 Å². The van der Waals surface area contributed by atoms with Gasteiger partial charge >= 0.3 is 129 Å². The van der Waals surface area contributed by atoms with Crippen LogP contribution in [0.25, 0.3) is 0 Å². The molecular weight excluding hydrogens is 341 g/mol. The van der Waals surface area contributed by atoms with Crippen molar-refractivity contribution >= 4 is 20.6 Å². The van der Waals surface area contributed by atoms with E-state index >= 15 is 0 Å². The third-order valence-electron chi connectivity index (χ3n) is 3.88. The van der Waals surface area contributed by atoms with E-state index < -0.39 is 20.6 Å². The second-order valence-corrected chi connectivity index (χ2v) is 13.7. The fraction of sp³-hybridized carbons (Fsp3) is 1.00. The standard InChI is InChI=1S/C11H24N2.C4H10N.Sn/c1-8-9(12-10(2,3)4)13-11(5,6)7;1-3-5-4-2;/h9H,8H2,1-7H3;3-4H2,1-2H3;/q-2;-1;+3. The molecule has 1 saturated heterocycles. The topological polar surface area (TPSA) is 9.72 Å². The van der Waals surface area contributed by atoms with Crippen molar-refractivity contribution in [1.82, 2.24) is 9.36 Å². The summed E-state index contributed by atoms with van der Waals surface area (Å²) in [4.78, 5) is 0. The summed E-state index contributed by atoms with van der Waals surface area (Å²) < 4.78 is 8.53. The van der Waals surface area contributed by atoms with Gasteiger partial charge in [0.25, 0.3) is 0 Å². The predicted octanol–water partition coefficient (Wildman–Crippen LogP) is 3.26. The van der Waals surface area contributed by atoms with E-state index in [4.69, 9.17) is 0 Å². The quantitative estimate of drug-likeness (QED) is 0.699. The van der Waals surface area contributed by atoms with Gasteiger partial charge in [-0.2, -0.15) is 0 Å². The van der Waals surface area contributed by atoms with E-state index in [1.807, 2.05) is 0 Å². The van der Waals surface area contributed by atoms with Gasteiger partial charge in [0.2, 0.25) is 0 Å². The molecule has 4 heteroatoms. The van der Waals surface area contributed by atoms with E-state index in [0.29, 0.717) is 17.2 Å². The van der Waals surface area contributed by atoms with E-state index in [1.165, 1.54) is 19.5 Å². The summed E-state index contributed by atoms with van der Waals surface area (Å²) in [6.07, 6.45) is 1.88. The van der Waals surface area contributed by atoms with E-state index in [-0.39, 0.29) is 0 Å². The molecule has 0 aliphatic carbocycles. The fourth-order valence-electron chi connectivity index (χ4n) is 3.11. The first-order valence-electron chi connectivity index (χ1n) is 7.80. The van der Waals surface area contributed by atoms with Gasteiger partial charge in [0.05, 0.1) is 0 Å². The Balaban J connectivity index is 3.10. The second-order valence-electron chi connectivity index (χ2n) is 7.44. The predicted molar refractivity (Wildman–Crippen MR) is 85.9 cm³/mol. The zero-order valence-electron chi connectivity index (χ0n) is 14.5. The Bertz CT molecular complexity index is 267. The first-order chi connectivity index (χ1) is 8.59. The molecule has 0 aromatic rings. The number of hydrogen-bond acceptors (Lipinski definition) is 3. The summed E-state index contributed by atoms with van der Waals surface area (Å²) in [5, 5.41) is 0. The Morgan fingerprint density at radius 3 is 1.42 bits per heavy atom. The van der Waals surface area contributed by atoms with Gasteiger partial charge in [-0.25, -0.2) is 0 Å². The van der Waals surface area contributed by atoms with Crippen molar-refractivity contribution in [2.45, 2.75) is 86.0 Å². The van der Waals surface area contributed by atoms with Gasteiger partial charge in [-0.05, 0) is 0 Å². The molecular formula is C15H34N3Sn. The fourth-order valence-corrected chi connectivity index (χ4v) is 13.3. The first-order valence-corrected chi connectivity index (χ1v) is 11.6. The van der Waals surface area contributed by atoms with Crippen LogP contribution in [-0.4, -0.2) is 60.3 Å². The molecule has 1 heterocycles. The molecule has 0 bridgehead atoms. The third kappa shape index (κ3) is 3.47. The molecule has 1 aliphatic heterocycles. The summed E-state index contributed by atoms with van der Waals surface area (Å²) in [5.74, 6) is 0. The summed E-state index contributed by atoms with van der Waals surface area (Å²) in [5.41, 5.74) is 0.611. The maximum absolute atomic E-state index is 2.88. The van der Waals surface area contributed by atoms with Gasteiger partial charge in [0, 0.05) is 0 Å². The van der Waals surface area contributed by atoms with Crippen molar-refractivity contribution in [2.24, 2.45) is 0 Å². The van der Waals surface area contributed by atoms with E-state index in [2.05, 4.69) is 71.7 Å². The molecule has 0 amide bonds. The average molecular weight is 375 g/mol. The molecule has 1 rings (SSSR count). The number of rotatable bonds is 4. The van der Waals surface area contributed by atoms with Crippen LogP contribution in [0.2, 0.25) is 0 Å². The number of hydrogen-bond donors (Lipinski definition) is 0. The van der Waals surface area contributed by atoms with Crippen molar-refractivity contribution < 1.29 is 0 Å². The summed E-state index contributed by atoms with van der Waals surface area (Å²) in [6.45, 7) is 23.7. The van der Waals surface area contributed by atoms with Crippen molar-refractivity contribution in [3.05, 3.63) is 0 Å². The Hall–Kier alpha value is 0.679. The van der Waals surface area contributed by atoms with Gasteiger partial charge in [-0.3, -0.25) is 0 Å². The Morgan fingerprint density at radius 2 is 1.21 bits per heavy atom.